The van der Waals surface area contributed by atoms with Crippen LogP contribution in [0.25, 0.3) is 0 Å². The molecule has 0 spiro atoms. The van der Waals surface area contributed by atoms with E-state index in [0.717, 1.165) is 12.0 Å². The molecule has 2 amide bonds. The first-order valence-corrected chi connectivity index (χ1v) is 10.8. The van der Waals surface area contributed by atoms with E-state index in [2.05, 4.69) is 25.1 Å². The molecule has 0 aliphatic rings. The number of aryl methyl sites for hydroxylation is 1. The molecular weight excluding hydrogens is 482 g/mol. The Labute approximate surface area is 204 Å². The van der Waals surface area contributed by atoms with Crippen molar-refractivity contribution in [2.24, 2.45) is 12.9 Å². The van der Waals surface area contributed by atoms with Gasteiger partial charge in [-0.25, -0.2) is 0 Å². The Kier molecular flexibility index (Phi) is 8.26. The summed E-state index contributed by atoms with van der Waals surface area (Å²) in [5, 5.41) is 18.0. The first-order valence-electron chi connectivity index (χ1n) is 9.72. The molecule has 34 heavy (non-hydrogen) atoms. The number of carbonyl (C=O) groups is 2. The average molecular weight is 504 g/mol. The summed E-state index contributed by atoms with van der Waals surface area (Å²) in [6.07, 6.45) is 1.34. The topological polar surface area (TPSA) is 148 Å². The number of hydrogen-bond donors (Lipinski definition) is 4. The molecule has 3 rings (SSSR count). The Balaban J connectivity index is 1.78. The van der Waals surface area contributed by atoms with Crippen LogP contribution in [0, 0.1) is 5.41 Å². The number of anilines is 2. The van der Waals surface area contributed by atoms with Crippen LogP contribution in [0.5, 0.6) is 0 Å². The van der Waals surface area contributed by atoms with Crippen molar-refractivity contribution < 1.29 is 18.9 Å². The summed E-state index contributed by atoms with van der Waals surface area (Å²) in [6, 6.07) is 11.3. The molecule has 178 valence electrons. The average Bonchev–Trinajstić information content (AvgIpc) is 3.18. The molecule has 0 bridgehead atoms. The molecule has 13 heteroatoms. The summed E-state index contributed by atoms with van der Waals surface area (Å²) in [4.78, 5) is 32.0. The summed E-state index contributed by atoms with van der Waals surface area (Å²) < 4.78 is 6.04. The number of amides is 2. The van der Waals surface area contributed by atoms with Crippen molar-refractivity contribution in [3.05, 3.63) is 70.4 Å². The van der Waals surface area contributed by atoms with Crippen molar-refractivity contribution in [3.63, 3.8) is 0 Å². The minimum Gasteiger partial charge on any atom is -0.363 e. The molecule has 0 saturated heterocycles. The second-order valence-electron chi connectivity index (χ2n) is 7.15. The van der Waals surface area contributed by atoms with Gasteiger partial charge in [0, 0.05) is 37.3 Å². The molecule has 5 N–H and O–H groups in total. The van der Waals surface area contributed by atoms with Gasteiger partial charge in [-0.2, -0.15) is 11.0 Å². The molecular formula is C21H22ClN7O4S. The van der Waals surface area contributed by atoms with Crippen LogP contribution in [0.15, 0.2) is 53.6 Å². The van der Waals surface area contributed by atoms with Gasteiger partial charge < -0.3 is 15.5 Å². The van der Waals surface area contributed by atoms with Crippen LogP contribution in [-0.2, 0) is 16.4 Å². The van der Waals surface area contributed by atoms with E-state index in [9.17, 15) is 9.59 Å². The lowest BCUT2D eigenvalue weighted by Crippen LogP contribution is -2.22. The Morgan fingerprint density at radius 1 is 1.12 bits per heavy atom. The standard InChI is InChI=1S/C21H22ClN7O4S/c1-28(2)18(23)12-4-6-13(7-5-12)20(30)27-19-15(11-25-29(19)3)21(31)26-16-9-8-14(22)10-17(16)34-33-32-24/h4-11,23H,24H2,1-3H3,(H,26,31)(H,27,30). The van der Waals surface area contributed by atoms with E-state index in [1.165, 1.54) is 10.9 Å². The fraction of sp³-hybridized carbons (Fsp3) is 0.143. The number of benzene rings is 2. The quantitative estimate of drug-likeness (QED) is 0.120. The number of halogens is 1. The maximum absolute atomic E-state index is 13.0. The maximum atomic E-state index is 13.0. The number of nitrogens with one attached hydrogen (secondary N) is 3. The highest BCUT2D eigenvalue weighted by Crippen LogP contribution is 2.31. The van der Waals surface area contributed by atoms with Gasteiger partial charge in [0.15, 0.2) is 0 Å². The first kappa shape index (κ1) is 25.2. The van der Waals surface area contributed by atoms with Crippen molar-refractivity contribution in [1.29, 1.82) is 5.41 Å². The lowest BCUT2D eigenvalue weighted by Gasteiger charge is -2.14. The van der Waals surface area contributed by atoms with Gasteiger partial charge in [-0.3, -0.25) is 19.7 Å². The predicted molar refractivity (Wildman–Crippen MR) is 130 cm³/mol. The molecule has 2 aromatic carbocycles. The van der Waals surface area contributed by atoms with Crippen molar-refractivity contribution in [1.82, 2.24) is 14.7 Å². The normalized spacial score (nSPS) is 10.6. The third kappa shape index (κ3) is 5.92. The predicted octanol–water partition coefficient (Wildman–Crippen LogP) is 3.29. The smallest absolute Gasteiger partial charge is 0.261 e. The fourth-order valence-electron chi connectivity index (χ4n) is 2.88. The summed E-state index contributed by atoms with van der Waals surface area (Å²) >= 11 is 6.77. The van der Waals surface area contributed by atoms with Gasteiger partial charge in [0.2, 0.25) is 0 Å². The number of rotatable bonds is 8. The Morgan fingerprint density at radius 2 is 1.79 bits per heavy atom. The molecule has 0 aliphatic heterocycles. The summed E-state index contributed by atoms with van der Waals surface area (Å²) in [6.45, 7) is 0. The van der Waals surface area contributed by atoms with Crippen LogP contribution in [0.1, 0.15) is 26.3 Å². The van der Waals surface area contributed by atoms with Crippen molar-refractivity contribution in [2.45, 2.75) is 4.90 Å². The Morgan fingerprint density at radius 3 is 2.44 bits per heavy atom. The van der Waals surface area contributed by atoms with Gasteiger partial charge in [0.25, 0.3) is 11.8 Å². The van der Waals surface area contributed by atoms with Crippen LogP contribution in [0.3, 0.4) is 0 Å². The molecule has 0 saturated carbocycles. The van der Waals surface area contributed by atoms with Gasteiger partial charge in [-0.05, 0) is 30.3 Å². The summed E-state index contributed by atoms with van der Waals surface area (Å²) in [5.74, 6) is 4.46. The molecule has 0 fully saturated rings. The molecule has 11 nitrogen and oxygen atoms in total. The van der Waals surface area contributed by atoms with E-state index < -0.39 is 11.8 Å². The zero-order valence-electron chi connectivity index (χ0n) is 18.5. The van der Waals surface area contributed by atoms with E-state index in [1.807, 2.05) is 0 Å². The van der Waals surface area contributed by atoms with Crippen LogP contribution >= 0.6 is 23.6 Å². The SMILES string of the molecule is CN(C)C(=N)c1ccc(C(=O)Nc2c(C(=O)Nc3ccc(Cl)cc3SOON)cnn2C)cc1. The highest BCUT2D eigenvalue weighted by molar-refractivity contribution is 7.94. The monoisotopic (exact) mass is 503 g/mol. The number of aromatic nitrogens is 2. The first-order chi connectivity index (χ1) is 16.2. The van der Waals surface area contributed by atoms with Crippen LogP contribution in [0.4, 0.5) is 11.5 Å². The molecule has 3 aromatic rings. The molecule has 0 unspecified atom stereocenters. The third-order valence-corrected chi connectivity index (χ3v) is 5.54. The Hall–Kier alpha value is -3.42. The van der Waals surface area contributed by atoms with Gasteiger partial charge in [-0.15, -0.1) is 9.32 Å². The summed E-state index contributed by atoms with van der Waals surface area (Å²) in [7, 11) is 5.13. The number of nitrogens with two attached hydrogens (primary N) is 1. The van der Waals surface area contributed by atoms with Crippen molar-refractivity contribution in [2.75, 3.05) is 24.7 Å². The molecule has 1 heterocycles. The Bertz CT molecular complexity index is 1210. The zero-order valence-corrected chi connectivity index (χ0v) is 20.0. The summed E-state index contributed by atoms with van der Waals surface area (Å²) in [5.41, 5.74) is 1.56. The van der Waals surface area contributed by atoms with Crippen LogP contribution in [-0.4, -0.2) is 46.4 Å². The number of nitrogens with zero attached hydrogens (tertiary/aromatic N) is 3. The number of hydrogen-bond acceptors (Lipinski definition) is 8. The van der Waals surface area contributed by atoms with E-state index >= 15 is 0 Å². The van der Waals surface area contributed by atoms with Gasteiger partial charge in [0.05, 0.1) is 28.8 Å². The van der Waals surface area contributed by atoms with Crippen LogP contribution < -0.4 is 16.5 Å². The molecule has 0 atom stereocenters. The van der Waals surface area contributed by atoms with Gasteiger partial charge in [-0.1, -0.05) is 23.7 Å². The molecule has 0 radical (unpaired) electrons. The number of amidine groups is 1. The van der Waals surface area contributed by atoms with Gasteiger partial charge >= 0.3 is 0 Å². The third-order valence-electron chi connectivity index (χ3n) is 4.64. The highest BCUT2D eigenvalue weighted by atomic mass is 35.5. The van der Waals surface area contributed by atoms with Crippen molar-refractivity contribution in [3.8, 4) is 0 Å². The lowest BCUT2D eigenvalue weighted by atomic mass is 10.1. The van der Waals surface area contributed by atoms with E-state index in [-0.39, 0.29) is 11.4 Å². The zero-order chi connectivity index (χ0) is 24.8. The second-order valence-corrected chi connectivity index (χ2v) is 8.33. The minimum atomic E-state index is -0.518. The lowest BCUT2D eigenvalue weighted by molar-refractivity contribution is -0.195. The largest absolute Gasteiger partial charge is 0.363 e. The van der Waals surface area contributed by atoms with E-state index in [1.54, 1.807) is 68.5 Å². The van der Waals surface area contributed by atoms with Gasteiger partial charge in [0.1, 0.15) is 17.2 Å². The molecule has 1 aromatic heterocycles. The fourth-order valence-corrected chi connectivity index (χ4v) is 3.62. The second kappa shape index (κ2) is 11.1. The van der Waals surface area contributed by atoms with Crippen molar-refractivity contribution >= 4 is 52.8 Å². The highest BCUT2D eigenvalue weighted by Gasteiger charge is 2.20. The maximum Gasteiger partial charge on any atom is 0.261 e. The van der Waals surface area contributed by atoms with E-state index in [0.29, 0.717) is 32.6 Å². The van der Waals surface area contributed by atoms with E-state index in [4.69, 9.17) is 22.9 Å². The number of carbonyl (C=O) groups excluding carboxylic acids is 2. The molecule has 0 aliphatic carbocycles. The minimum absolute atomic E-state index is 0.142. The van der Waals surface area contributed by atoms with Crippen LogP contribution in [0.2, 0.25) is 5.02 Å².